The average Bonchev–Trinajstić information content (AvgIpc) is 3.27. The van der Waals surface area contributed by atoms with Gasteiger partial charge in [-0.25, -0.2) is 0 Å². The molecule has 4 rings (SSSR count). The lowest BCUT2D eigenvalue weighted by Crippen LogP contribution is -1.86. The maximum atomic E-state index is 9.92. The van der Waals surface area contributed by atoms with Gasteiger partial charge in [0.05, 0.1) is 5.56 Å². The fraction of sp³-hybridized carbons (Fsp3) is 0. The van der Waals surface area contributed by atoms with Crippen LogP contribution in [0.15, 0.2) is 69.9 Å². The van der Waals surface area contributed by atoms with Crippen molar-refractivity contribution in [3.63, 3.8) is 0 Å². The first-order valence-corrected chi connectivity index (χ1v) is 8.01. The van der Waals surface area contributed by atoms with Crippen molar-refractivity contribution in [2.24, 2.45) is 0 Å². The van der Waals surface area contributed by atoms with Crippen LogP contribution in [0.4, 0.5) is 0 Å². The molecule has 0 aliphatic heterocycles. The molecular formula is C18H12N2O2S. The summed E-state index contributed by atoms with van der Waals surface area (Å²) in [5, 5.41) is 18.1. The highest BCUT2D eigenvalue weighted by atomic mass is 32.1. The molecule has 0 aliphatic rings. The Labute approximate surface area is 136 Å². The molecule has 0 unspecified atom stereocenters. The number of phenolic OH excluding ortho intramolecular Hbond substituents is 1. The number of aromatic hydroxyl groups is 1. The van der Waals surface area contributed by atoms with Crippen LogP contribution in [-0.2, 0) is 0 Å². The van der Waals surface area contributed by atoms with E-state index in [-0.39, 0.29) is 5.75 Å². The van der Waals surface area contributed by atoms with Crippen molar-refractivity contribution in [1.82, 2.24) is 10.1 Å². The molecule has 112 valence electrons. The van der Waals surface area contributed by atoms with Crippen molar-refractivity contribution >= 4 is 11.3 Å². The van der Waals surface area contributed by atoms with Crippen LogP contribution in [0.1, 0.15) is 0 Å². The van der Waals surface area contributed by atoms with Gasteiger partial charge >= 0.3 is 0 Å². The topological polar surface area (TPSA) is 59.2 Å². The monoisotopic (exact) mass is 320 g/mol. The zero-order chi connectivity index (χ0) is 15.6. The number of hydrogen-bond acceptors (Lipinski definition) is 5. The number of nitrogens with zero attached hydrogens (tertiary/aromatic N) is 2. The van der Waals surface area contributed by atoms with Gasteiger partial charge in [-0.15, -0.1) is 0 Å². The Hall–Kier alpha value is -2.92. The Morgan fingerprint density at radius 1 is 0.870 bits per heavy atom. The molecule has 0 spiro atoms. The molecule has 2 heterocycles. The largest absolute Gasteiger partial charge is 0.507 e. The maximum absolute atomic E-state index is 9.92. The number of para-hydroxylation sites is 1. The van der Waals surface area contributed by atoms with E-state index >= 15 is 0 Å². The molecule has 0 atom stereocenters. The smallest absolute Gasteiger partial charge is 0.261 e. The minimum atomic E-state index is 0.119. The quantitative estimate of drug-likeness (QED) is 0.587. The molecule has 4 aromatic rings. The highest BCUT2D eigenvalue weighted by Crippen LogP contribution is 2.34. The van der Waals surface area contributed by atoms with Crippen LogP contribution in [0.5, 0.6) is 5.75 Å². The molecule has 4 nitrogen and oxygen atoms in total. The molecule has 5 heteroatoms. The van der Waals surface area contributed by atoms with Gasteiger partial charge in [-0.1, -0.05) is 41.6 Å². The summed E-state index contributed by atoms with van der Waals surface area (Å²) < 4.78 is 5.34. The third-order valence-electron chi connectivity index (χ3n) is 3.56. The van der Waals surface area contributed by atoms with Gasteiger partial charge in [0.1, 0.15) is 5.75 Å². The SMILES string of the molecule is Oc1ccccc1-c1nc(-c2ccccc2-c2ccsc2)no1. The standard InChI is InChI=1S/C18H12N2O2S/c21-16-8-4-3-7-15(16)18-19-17(20-22-18)14-6-2-1-5-13(14)12-9-10-23-11-12/h1-11,21H. The molecule has 23 heavy (non-hydrogen) atoms. The Balaban J connectivity index is 1.81. The molecule has 0 saturated carbocycles. The van der Waals surface area contributed by atoms with Gasteiger partial charge < -0.3 is 9.63 Å². The van der Waals surface area contributed by atoms with Crippen LogP contribution < -0.4 is 0 Å². The minimum absolute atomic E-state index is 0.119. The lowest BCUT2D eigenvalue weighted by Gasteiger charge is -2.03. The summed E-state index contributed by atoms with van der Waals surface area (Å²) in [6.45, 7) is 0. The number of phenols is 1. The predicted molar refractivity (Wildman–Crippen MR) is 90.1 cm³/mol. The van der Waals surface area contributed by atoms with Gasteiger partial charge in [-0.05, 0) is 40.1 Å². The second-order valence-corrected chi connectivity index (χ2v) is 5.78. The van der Waals surface area contributed by atoms with Crippen molar-refractivity contribution < 1.29 is 9.63 Å². The van der Waals surface area contributed by atoms with Gasteiger partial charge in [-0.2, -0.15) is 16.3 Å². The summed E-state index contributed by atoms with van der Waals surface area (Å²) in [7, 11) is 0. The van der Waals surface area contributed by atoms with E-state index in [1.165, 1.54) is 0 Å². The normalized spacial score (nSPS) is 10.8. The average molecular weight is 320 g/mol. The molecular weight excluding hydrogens is 308 g/mol. The molecule has 2 aromatic carbocycles. The van der Waals surface area contributed by atoms with E-state index in [9.17, 15) is 5.11 Å². The van der Waals surface area contributed by atoms with Gasteiger partial charge in [0.2, 0.25) is 5.82 Å². The van der Waals surface area contributed by atoms with Crippen LogP contribution in [-0.4, -0.2) is 15.2 Å². The number of hydrogen-bond donors (Lipinski definition) is 1. The van der Waals surface area contributed by atoms with E-state index in [1.54, 1.807) is 29.5 Å². The second kappa shape index (κ2) is 5.70. The lowest BCUT2D eigenvalue weighted by atomic mass is 10.0. The summed E-state index contributed by atoms with van der Waals surface area (Å²) in [4.78, 5) is 4.45. The summed E-state index contributed by atoms with van der Waals surface area (Å²) in [6, 6.07) is 16.9. The first-order valence-electron chi connectivity index (χ1n) is 7.07. The fourth-order valence-corrected chi connectivity index (χ4v) is 3.10. The Bertz CT molecular complexity index is 945. The second-order valence-electron chi connectivity index (χ2n) is 5.00. The molecule has 1 N–H and O–H groups in total. The van der Waals surface area contributed by atoms with Gasteiger partial charge in [0, 0.05) is 5.56 Å². The van der Waals surface area contributed by atoms with Crippen molar-refractivity contribution in [3.8, 4) is 39.7 Å². The van der Waals surface area contributed by atoms with E-state index in [0.717, 1.165) is 16.7 Å². The Morgan fingerprint density at radius 2 is 1.61 bits per heavy atom. The highest BCUT2D eigenvalue weighted by molar-refractivity contribution is 7.08. The van der Waals surface area contributed by atoms with E-state index in [1.807, 2.05) is 35.7 Å². The van der Waals surface area contributed by atoms with Crippen LogP contribution in [0.2, 0.25) is 0 Å². The van der Waals surface area contributed by atoms with Crippen molar-refractivity contribution in [2.45, 2.75) is 0 Å². The summed E-state index contributed by atoms with van der Waals surface area (Å²) in [5.41, 5.74) is 3.61. The molecule has 0 radical (unpaired) electrons. The highest BCUT2D eigenvalue weighted by Gasteiger charge is 2.16. The number of rotatable bonds is 3. The summed E-state index contributed by atoms with van der Waals surface area (Å²) in [6.07, 6.45) is 0. The molecule has 0 saturated heterocycles. The number of aromatic nitrogens is 2. The number of thiophene rings is 1. The molecule has 0 fully saturated rings. The maximum Gasteiger partial charge on any atom is 0.261 e. The number of benzene rings is 2. The van der Waals surface area contributed by atoms with E-state index < -0.39 is 0 Å². The Morgan fingerprint density at radius 3 is 2.35 bits per heavy atom. The zero-order valence-electron chi connectivity index (χ0n) is 12.0. The lowest BCUT2D eigenvalue weighted by molar-refractivity contribution is 0.426. The third-order valence-corrected chi connectivity index (χ3v) is 4.24. The minimum Gasteiger partial charge on any atom is -0.507 e. The van der Waals surface area contributed by atoms with Crippen molar-refractivity contribution in [2.75, 3.05) is 0 Å². The Kier molecular flexibility index (Phi) is 3.40. The van der Waals surface area contributed by atoms with Crippen LogP contribution in [0.3, 0.4) is 0 Å². The van der Waals surface area contributed by atoms with Gasteiger partial charge in [0.15, 0.2) is 0 Å². The van der Waals surface area contributed by atoms with Crippen LogP contribution in [0, 0.1) is 0 Å². The summed E-state index contributed by atoms with van der Waals surface area (Å²) in [5.74, 6) is 0.928. The molecule has 2 aromatic heterocycles. The summed E-state index contributed by atoms with van der Waals surface area (Å²) >= 11 is 1.65. The predicted octanol–water partition coefficient (Wildman–Crippen LogP) is 4.84. The van der Waals surface area contributed by atoms with Gasteiger partial charge in [0.25, 0.3) is 5.89 Å². The molecule has 0 amide bonds. The fourth-order valence-electron chi connectivity index (χ4n) is 2.44. The molecule has 0 aliphatic carbocycles. The van der Waals surface area contributed by atoms with Crippen molar-refractivity contribution in [1.29, 1.82) is 0 Å². The molecule has 0 bridgehead atoms. The van der Waals surface area contributed by atoms with E-state index in [0.29, 0.717) is 17.3 Å². The third kappa shape index (κ3) is 2.51. The van der Waals surface area contributed by atoms with E-state index in [2.05, 4.69) is 21.6 Å². The first kappa shape index (κ1) is 13.7. The first-order chi connectivity index (χ1) is 11.3. The van der Waals surface area contributed by atoms with Crippen LogP contribution in [0.25, 0.3) is 34.0 Å². The van der Waals surface area contributed by atoms with E-state index in [4.69, 9.17) is 4.52 Å². The van der Waals surface area contributed by atoms with Gasteiger partial charge in [-0.3, -0.25) is 0 Å². The zero-order valence-corrected chi connectivity index (χ0v) is 12.8. The van der Waals surface area contributed by atoms with Crippen LogP contribution >= 0.6 is 11.3 Å². The van der Waals surface area contributed by atoms with Crippen molar-refractivity contribution in [3.05, 3.63) is 65.4 Å².